The average Bonchev–Trinajstić information content (AvgIpc) is 2.46. The Labute approximate surface area is 136 Å². The number of halogens is 1. The Hall–Kier alpha value is -1.14. The number of hydrogen-bond acceptors (Lipinski definition) is 4. The molecule has 22 heavy (non-hydrogen) atoms. The third kappa shape index (κ3) is 3.98. The van der Waals surface area contributed by atoms with Crippen LogP contribution in [-0.4, -0.2) is 42.9 Å². The Morgan fingerprint density at radius 3 is 2.82 bits per heavy atom. The first kappa shape index (κ1) is 17.2. The lowest BCUT2D eigenvalue weighted by molar-refractivity contribution is -0.137. The van der Waals surface area contributed by atoms with E-state index in [0.717, 1.165) is 11.1 Å². The molecule has 0 radical (unpaired) electrons. The van der Waals surface area contributed by atoms with Crippen LogP contribution < -0.4 is 10.6 Å². The first-order valence-electron chi connectivity index (χ1n) is 7.38. The highest BCUT2D eigenvalue weighted by Gasteiger charge is 2.31. The van der Waals surface area contributed by atoms with Crippen LogP contribution >= 0.6 is 11.6 Å². The van der Waals surface area contributed by atoms with Crippen molar-refractivity contribution < 1.29 is 14.6 Å². The van der Waals surface area contributed by atoms with Crippen LogP contribution in [0, 0.1) is 6.92 Å². The largest absolute Gasteiger partial charge is 0.395 e. The number of benzene rings is 1. The minimum absolute atomic E-state index is 0.00118. The molecule has 0 aliphatic carbocycles. The van der Waals surface area contributed by atoms with E-state index in [-0.39, 0.29) is 18.6 Å². The zero-order chi connectivity index (χ0) is 16.3. The van der Waals surface area contributed by atoms with Crippen molar-refractivity contribution in [2.45, 2.75) is 38.5 Å². The molecule has 1 heterocycles. The zero-order valence-electron chi connectivity index (χ0n) is 13.1. The van der Waals surface area contributed by atoms with Gasteiger partial charge in [0.25, 0.3) is 5.91 Å². The van der Waals surface area contributed by atoms with Gasteiger partial charge in [-0.2, -0.15) is 0 Å². The van der Waals surface area contributed by atoms with Crippen molar-refractivity contribution in [2.24, 2.45) is 0 Å². The summed E-state index contributed by atoms with van der Waals surface area (Å²) in [7, 11) is 0. The normalized spacial score (nSPS) is 22.4. The molecule has 0 unspecified atom stereocenters. The van der Waals surface area contributed by atoms with Crippen LogP contribution in [0.2, 0.25) is 5.02 Å². The molecule has 1 amide bonds. The van der Waals surface area contributed by atoms with Gasteiger partial charge in [0.1, 0.15) is 6.10 Å². The molecule has 0 saturated carbocycles. The first-order chi connectivity index (χ1) is 10.3. The molecule has 0 aromatic heterocycles. The molecule has 122 valence electrons. The quantitative estimate of drug-likeness (QED) is 0.781. The molecule has 1 fully saturated rings. The maximum atomic E-state index is 12.4. The number of hydrogen-bond donors (Lipinski definition) is 3. The van der Waals surface area contributed by atoms with Crippen LogP contribution in [0.25, 0.3) is 0 Å². The van der Waals surface area contributed by atoms with Crippen molar-refractivity contribution in [2.75, 3.05) is 19.8 Å². The minimum Gasteiger partial charge on any atom is -0.395 e. The summed E-state index contributed by atoms with van der Waals surface area (Å²) < 4.78 is 5.51. The van der Waals surface area contributed by atoms with Gasteiger partial charge in [0.2, 0.25) is 0 Å². The van der Waals surface area contributed by atoms with Crippen molar-refractivity contribution >= 4 is 17.5 Å². The lowest BCUT2D eigenvalue weighted by Gasteiger charge is -2.33. The van der Waals surface area contributed by atoms with Gasteiger partial charge in [-0.1, -0.05) is 23.7 Å². The maximum Gasteiger partial charge on any atom is 0.251 e. The molecular weight excluding hydrogens is 304 g/mol. The molecule has 1 aliphatic heterocycles. The van der Waals surface area contributed by atoms with E-state index in [4.69, 9.17) is 21.4 Å². The van der Waals surface area contributed by atoms with Gasteiger partial charge in [-0.25, -0.2) is 0 Å². The Kier molecular flexibility index (Phi) is 5.45. The third-order valence-electron chi connectivity index (χ3n) is 3.84. The van der Waals surface area contributed by atoms with Crippen molar-refractivity contribution in [1.82, 2.24) is 10.6 Å². The van der Waals surface area contributed by atoms with Crippen LogP contribution in [0.5, 0.6) is 0 Å². The van der Waals surface area contributed by atoms with Gasteiger partial charge in [-0.3, -0.25) is 4.79 Å². The van der Waals surface area contributed by atoms with E-state index in [2.05, 4.69) is 10.6 Å². The fraction of sp³-hybridized carbons (Fsp3) is 0.562. The monoisotopic (exact) mass is 326 g/mol. The predicted molar refractivity (Wildman–Crippen MR) is 86.0 cm³/mol. The number of aliphatic hydroxyl groups is 1. The van der Waals surface area contributed by atoms with E-state index >= 15 is 0 Å². The number of amides is 1. The Morgan fingerprint density at radius 2 is 2.27 bits per heavy atom. The average molecular weight is 327 g/mol. The van der Waals surface area contributed by atoms with E-state index < -0.39 is 11.6 Å². The molecule has 3 N–H and O–H groups in total. The molecule has 1 saturated heterocycles. The predicted octanol–water partition coefficient (Wildman–Crippen LogP) is 1.35. The fourth-order valence-corrected chi connectivity index (χ4v) is 2.96. The van der Waals surface area contributed by atoms with Crippen molar-refractivity contribution in [3.63, 3.8) is 0 Å². The third-order valence-corrected chi connectivity index (χ3v) is 4.15. The number of aryl methyl sites for hydroxylation is 1. The molecule has 6 heteroatoms. The van der Waals surface area contributed by atoms with Gasteiger partial charge < -0.3 is 20.5 Å². The van der Waals surface area contributed by atoms with Gasteiger partial charge in [0, 0.05) is 11.6 Å². The molecule has 1 aliphatic rings. The smallest absolute Gasteiger partial charge is 0.251 e. The van der Waals surface area contributed by atoms with Gasteiger partial charge in [0.15, 0.2) is 0 Å². The number of carbonyl (C=O) groups excluding carboxylic acids is 1. The molecule has 1 aromatic carbocycles. The summed E-state index contributed by atoms with van der Waals surface area (Å²) >= 11 is 6.30. The fourth-order valence-electron chi connectivity index (χ4n) is 2.49. The molecular formula is C16H23ClN2O3. The molecule has 0 bridgehead atoms. The second kappa shape index (κ2) is 6.96. The van der Waals surface area contributed by atoms with Crippen LogP contribution in [0.1, 0.15) is 25.0 Å². The maximum absolute atomic E-state index is 12.4. The topological polar surface area (TPSA) is 70.6 Å². The standard InChI is InChI=1S/C16H23ClN2O3/c1-10-4-5-12(13(17)6-10)16(2,3)19-15(21)14-7-18-11(8-20)9-22-14/h4-6,11,14,18,20H,7-9H2,1-3H3,(H,19,21)/t11-,14+/m1/s1. The van der Waals surface area contributed by atoms with Crippen LogP contribution in [-0.2, 0) is 15.1 Å². The second-order valence-electron chi connectivity index (χ2n) is 6.21. The van der Waals surface area contributed by atoms with Crippen molar-refractivity contribution in [3.05, 3.63) is 34.3 Å². The summed E-state index contributed by atoms with van der Waals surface area (Å²) in [5.41, 5.74) is 1.34. The number of aliphatic hydroxyl groups excluding tert-OH is 1. The van der Waals surface area contributed by atoms with Crippen LogP contribution in [0.15, 0.2) is 18.2 Å². The summed E-state index contributed by atoms with van der Waals surface area (Å²) in [4.78, 5) is 12.4. The number of ether oxygens (including phenoxy) is 1. The summed E-state index contributed by atoms with van der Waals surface area (Å²) in [6.45, 7) is 6.50. The lowest BCUT2D eigenvalue weighted by atomic mass is 9.93. The van der Waals surface area contributed by atoms with Crippen LogP contribution in [0.3, 0.4) is 0 Å². The molecule has 0 spiro atoms. The zero-order valence-corrected chi connectivity index (χ0v) is 13.9. The summed E-state index contributed by atoms with van der Waals surface area (Å²) in [6, 6.07) is 5.68. The number of nitrogens with one attached hydrogen (secondary N) is 2. The van der Waals surface area contributed by atoms with Crippen LogP contribution in [0.4, 0.5) is 0 Å². The summed E-state index contributed by atoms with van der Waals surface area (Å²) in [5.74, 6) is -0.189. The SMILES string of the molecule is Cc1ccc(C(C)(C)NC(=O)[C@@H]2CN[C@H](CO)CO2)c(Cl)c1. The molecule has 1 aromatic rings. The van der Waals surface area contributed by atoms with Gasteiger partial charge in [-0.15, -0.1) is 0 Å². The van der Waals surface area contributed by atoms with Gasteiger partial charge >= 0.3 is 0 Å². The Morgan fingerprint density at radius 1 is 1.55 bits per heavy atom. The highest BCUT2D eigenvalue weighted by atomic mass is 35.5. The Balaban J connectivity index is 2.03. The van der Waals surface area contributed by atoms with Gasteiger partial charge in [-0.05, 0) is 38.0 Å². The molecule has 2 atom stereocenters. The molecule has 2 rings (SSSR count). The minimum atomic E-state index is -0.598. The number of rotatable bonds is 4. The van der Waals surface area contributed by atoms with E-state index in [9.17, 15) is 4.79 Å². The van der Waals surface area contributed by atoms with E-state index in [1.54, 1.807) is 0 Å². The van der Waals surface area contributed by atoms with E-state index in [1.807, 2.05) is 39.0 Å². The lowest BCUT2D eigenvalue weighted by Crippen LogP contribution is -2.56. The summed E-state index contributed by atoms with van der Waals surface area (Å²) in [6.07, 6.45) is -0.564. The second-order valence-corrected chi connectivity index (χ2v) is 6.61. The summed E-state index contributed by atoms with van der Waals surface area (Å²) in [5, 5.41) is 15.7. The Bertz CT molecular complexity index is 540. The van der Waals surface area contributed by atoms with Crippen molar-refractivity contribution in [3.8, 4) is 0 Å². The van der Waals surface area contributed by atoms with Gasteiger partial charge in [0.05, 0.1) is 24.8 Å². The highest BCUT2D eigenvalue weighted by Crippen LogP contribution is 2.28. The number of morpholine rings is 1. The highest BCUT2D eigenvalue weighted by molar-refractivity contribution is 6.31. The van der Waals surface area contributed by atoms with E-state index in [1.165, 1.54) is 0 Å². The first-order valence-corrected chi connectivity index (χ1v) is 7.76. The molecule has 5 nitrogen and oxygen atoms in total. The number of carbonyl (C=O) groups is 1. The van der Waals surface area contributed by atoms with E-state index in [0.29, 0.717) is 18.2 Å². The van der Waals surface area contributed by atoms with Crippen molar-refractivity contribution in [1.29, 1.82) is 0 Å².